The number of hydrogen-bond donors (Lipinski definition) is 2. The number of nitrogens with two attached hydrogens (primary N) is 1. The molecule has 0 spiro atoms. The summed E-state index contributed by atoms with van der Waals surface area (Å²) < 4.78 is 11.2. The summed E-state index contributed by atoms with van der Waals surface area (Å²) in [5, 5.41) is 3.16. The number of carbonyl (C=O) groups is 1. The van der Waals surface area contributed by atoms with Crippen LogP contribution in [0.3, 0.4) is 0 Å². The number of thiophene rings is 1. The van der Waals surface area contributed by atoms with Crippen LogP contribution in [0.5, 0.6) is 11.5 Å². The quantitative estimate of drug-likeness (QED) is 0.832. The van der Waals surface area contributed by atoms with Gasteiger partial charge in [0.25, 0.3) is 5.91 Å². The van der Waals surface area contributed by atoms with Crippen molar-refractivity contribution in [1.29, 1.82) is 0 Å². The van der Waals surface area contributed by atoms with Gasteiger partial charge in [0, 0.05) is 10.9 Å². The predicted molar refractivity (Wildman–Crippen MR) is 106 cm³/mol. The molecule has 1 fully saturated rings. The number of fused-ring (bicyclic) bond motifs is 1. The molecule has 2 heterocycles. The van der Waals surface area contributed by atoms with E-state index in [1.54, 1.807) is 0 Å². The van der Waals surface area contributed by atoms with Crippen LogP contribution < -0.4 is 20.5 Å². The molecule has 1 aliphatic carbocycles. The zero-order valence-electron chi connectivity index (χ0n) is 14.4. The molecule has 5 nitrogen and oxygen atoms in total. The topological polar surface area (TPSA) is 73.6 Å². The van der Waals surface area contributed by atoms with Gasteiger partial charge in [0.15, 0.2) is 11.5 Å². The van der Waals surface area contributed by atoms with E-state index >= 15 is 0 Å². The van der Waals surface area contributed by atoms with Gasteiger partial charge in [-0.05, 0) is 61.2 Å². The Morgan fingerprint density at radius 2 is 1.96 bits per heavy atom. The molecule has 3 N–H and O–H groups in total. The lowest BCUT2D eigenvalue weighted by molar-refractivity contribution is 0.0933. The molecule has 2 aliphatic rings. The summed E-state index contributed by atoms with van der Waals surface area (Å²) >= 11 is 1.50. The molecule has 2 atom stereocenters. The first-order valence-electron chi connectivity index (χ1n) is 8.75. The van der Waals surface area contributed by atoms with Gasteiger partial charge in [-0.2, -0.15) is 0 Å². The van der Waals surface area contributed by atoms with Crippen molar-refractivity contribution in [2.45, 2.75) is 25.3 Å². The van der Waals surface area contributed by atoms with Gasteiger partial charge in [0.2, 0.25) is 0 Å². The fourth-order valence-corrected chi connectivity index (χ4v) is 4.47. The van der Waals surface area contributed by atoms with E-state index in [1.807, 2.05) is 30.3 Å². The Labute approximate surface area is 163 Å². The van der Waals surface area contributed by atoms with Crippen LogP contribution in [0.2, 0.25) is 0 Å². The van der Waals surface area contributed by atoms with Crippen molar-refractivity contribution in [3.8, 4) is 21.9 Å². The molecule has 2 aromatic rings. The lowest BCUT2D eigenvalue weighted by Crippen LogP contribution is -2.39. The second-order valence-corrected chi connectivity index (χ2v) is 7.61. The molecule has 1 aromatic heterocycles. The van der Waals surface area contributed by atoms with Gasteiger partial charge in [-0.25, -0.2) is 0 Å². The molecule has 7 heteroatoms. The summed E-state index contributed by atoms with van der Waals surface area (Å²) in [7, 11) is 0. The molecule has 140 valence electrons. The van der Waals surface area contributed by atoms with E-state index in [1.165, 1.54) is 11.3 Å². The van der Waals surface area contributed by atoms with Gasteiger partial charge in [-0.1, -0.05) is 6.42 Å². The van der Waals surface area contributed by atoms with Gasteiger partial charge in [0.1, 0.15) is 13.2 Å². The SMILES string of the molecule is Cl.NCC1CCCC1NC(=O)c1ccc(-c2ccc3c(c2)OCCO3)s1. The first-order chi connectivity index (χ1) is 12.2. The Bertz CT molecular complexity index is 780. The maximum atomic E-state index is 12.6. The Balaban J connectivity index is 0.00000196. The van der Waals surface area contributed by atoms with Crippen LogP contribution in [-0.4, -0.2) is 31.7 Å². The van der Waals surface area contributed by atoms with Crippen LogP contribution in [0.25, 0.3) is 10.4 Å². The van der Waals surface area contributed by atoms with Gasteiger partial charge < -0.3 is 20.5 Å². The summed E-state index contributed by atoms with van der Waals surface area (Å²) in [5.41, 5.74) is 6.84. The van der Waals surface area contributed by atoms with E-state index < -0.39 is 0 Å². The minimum Gasteiger partial charge on any atom is -0.486 e. The van der Waals surface area contributed by atoms with Crippen molar-refractivity contribution >= 4 is 29.7 Å². The Hall–Kier alpha value is -1.76. The molecule has 1 aromatic carbocycles. The molecule has 4 rings (SSSR count). The molecule has 0 radical (unpaired) electrons. The Kier molecular flexibility index (Phi) is 6.06. The molecule has 2 unspecified atom stereocenters. The van der Waals surface area contributed by atoms with Crippen molar-refractivity contribution in [2.75, 3.05) is 19.8 Å². The highest BCUT2D eigenvalue weighted by molar-refractivity contribution is 7.17. The minimum absolute atomic E-state index is 0. The average Bonchev–Trinajstić information content (AvgIpc) is 3.30. The molecule has 1 saturated carbocycles. The Morgan fingerprint density at radius 1 is 1.15 bits per heavy atom. The lowest BCUT2D eigenvalue weighted by Gasteiger charge is -2.19. The fourth-order valence-electron chi connectivity index (χ4n) is 3.56. The summed E-state index contributed by atoms with van der Waals surface area (Å²) in [4.78, 5) is 14.3. The monoisotopic (exact) mass is 394 g/mol. The average molecular weight is 395 g/mol. The van der Waals surface area contributed by atoms with E-state index in [0.29, 0.717) is 25.7 Å². The number of nitrogens with one attached hydrogen (secondary N) is 1. The van der Waals surface area contributed by atoms with Crippen molar-refractivity contribution in [3.05, 3.63) is 35.2 Å². The minimum atomic E-state index is -0.000793. The van der Waals surface area contributed by atoms with E-state index in [9.17, 15) is 4.79 Å². The third-order valence-electron chi connectivity index (χ3n) is 4.93. The molecule has 1 amide bonds. The second-order valence-electron chi connectivity index (χ2n) is 6.53. The zero-order valence-corrected chi connectivity index (χ0v) is 16.0. The van der Waals surface area contributed by atoms with Crippen molar-refractivity contribution in [1.82, 2.24) is 5.32 Å². The van der Waals surface area contributed by atoms with E-state index in [4.69, 9.17) is 15.2 Å². The van der Waals surface area contributed by atoms with Crippen LogP contribution in [0, 0.1) is 5.92 Å². The smallest absolute Gasteiger partial charge is 0.261 e. The molecule has 26 heavy (non-hydrogen) atoms. The fraction of sp³-hybridized carbons (Fsp3) is 0.421. The highest BCUT2D eigenvalue weighted by atomic mass is 35.5. The van der Waals surface area contributed by atoms with Crippen LogP contribution in [0.1, 0.15) is 28.9 Å². The van der Waals surface area contributed by atoms with E-state index in [-0.39, 0.29) is 24.4 Å². The first-order valence-corrected chi connectivity index (χ1v) is 9.57. The van der Waals surface area contributed by atoms with Crippen molar-refractivity contribution < 1.29 is 14.3 Å². The third kappa shape index (κ3) is 3.82. The lowest BCUT2D eigenvalue weighted by atomic mass is 10.0. The number of rotatable bonds is 4. The zero-order chi connectivity index (χ0) is 17.2. The summed E-state index contributed by atoms with van der Waals surface area (Å²) in [6, 6.07) is 9.98. The maximum absolute atomic E-state index is 12.6. The number of benzene rings is 1. The Morgan fingerprint density at radius 3 is 2.77 bits per heavy atom. The van der Waals surface area contributed by atoms with Gasteiger partial charge in [0.05, 0.1) is 4.88 Å². The van der Waals surface area contributed by atoms with Crippen molar-refractivity contribution in [2.24, 2.45) is 11.7 Å². The number of hydrogen-bond acceptors (Lipinski definition) is 5. The van der Waals surface area contributed by atoms with Crippen LogP contribution in [0.4, 0.5) is 0 Å². The van der Waals surface area contributed by atoms with E-state index in [0.717, 1.165) is 46.1 Å². The molecular weight excluding hydrogens is 372 g/mol. The molecule has 0 saturated heterocycles. The summed E-state index contributed by atoms with van der Waals surface area (Å²) in [6.45, 7) is 1.79. The highest BCUT2D eigenvalue weighted by Gasteiger charge is 2.28. The van der Waals surface area contributed by atoms with E-state index in [2.05, 4.69) is 5.32 Å². The van der Waals surface area contributed by atoms with Gasteiger partial charge in [-0.15, -0.1) is 23.7 Å². The van der Waals surface area contributed by atoms with Crippen LogP contribution >= 0.6 is 23.7 Å². The third-order valence-corrected chi connectivity index (χ3v) is 6.07. The van der Waals surface area contributed by atoms with Crippen LogP contribution in [0.15, 0.2) is 30.3 Å². The van der Waals surface area contributed by atoms with Gasteiger partial charge >= 0.3 is 0 Å². The van der Waals surface area contributed by atoms with Crippen molar-refractivity contribution in [3.63, 3.8) is 0 Å². The number of halogens is 1. The van der Waals surface area contributed by atoms with Gasteiger partial charge in [-0.3, -0.25) is 4.79 Å². The molecule has 0 bridgehead atoms. The predicted octanol–water partition coefficient (Wildman–Crippen LogP) is 3.47. The largest absolute Gasteiger partial charge is 0.486 e. The molecule has 1 aliphatic heterocycles. The summed E-state index contributed by atoms with van der Waals surface area (Å²) in [6.07, 6.45) is 3.27. The highest BCUT2D eigenvalue weighted by Crippen LogP contribution is 2.37. The number of carbonyl (C=O) groups excluding carboxylic acids is 1. The molecular formula is C19H23ClN2O3S. The first kappa shape index (κ1) is 19.0. The van der Waals surface area contributed by atoms with Crippen LogP contribution in [-0.2, 0) is 0 Å². The normalized spacial score (nSPS) is 21.1. The maximum Gasteiger partial charge on any atom is 0.261 e. The number of amides is 1. The summed E-state index contributed by atoms with van der Waals surface area (Å²) in [5.74, 6) is 1.94. The number of ether oxygens (including phenoxy) is 2. The standard InChI is InChI=1S/C19H22N2O3S.ClH/c20-11-13-2-1-3-14(13)21-19(22)18-7-6-17(25-18)12-4-5-15-16(10-12)24-9-8-23-15;/h4-7,10,13-14H,1-3,8-9,11,20H2,(H,21,22);1H. The second kappa shape index (κ2) is 8.29.